The largest absolute Gasteiger partial charge is 0.386 e. The van der Waals surface area contributed by atoms with Crippen LogP contribution in [0.3, 0.4) is 0 Å². The number of fused-ring (bicyclic) bond motifs is 2. The minimum Gasteiger partial charge on any atom is -0.386 e. The van der Waals surface area contributed by atoms with Crippen LogP contribution < -0.4 is 11.5 Å². The summed E-state index contributed by atoms with van der Waals surface area (Å²) in [4.78, 5) is 34.8. The first kappa shape index (κ1) is 20.2. The van der Waals surface area contributed by atoms with Crippen molar-refractivity contribution < 1.29 is 9.90 Å². The molecule has 2 atom stereocenters. The molecule has 6 N–H and O–H groups in total. The van der Waals surface area contributed by atoms with E-state index in [1.807, 2.05) is 24.3 Å². The summed E-state index contributed by atoms with van der Waals surface area (Å²) >= 11 is 0. The Hall–Kier alpha value is -3.73. The summed E-state index contributed by atoms with van der Waals surface area (Å²) < 4.78 is 1.78. The van der Waals surface area contributed by atoms with Gasteiger partial charge in [0.05, 0.1) is 29.9 Å². The maximum absolute atomic E-state index is 12.9. The van der Waals surface area contributed by atoms with Gasteiger partial charge in [0.2, 0.25) is 11.9 Å². The number of nitrogens with zero attached hydrogens (tertiary/aromatic N) is 6. The highest BCUT2D eigenvalue weighted by Crippen LogP contribution is 2.34. The lowest BCUT2D eigenvalue weighted by Gasteiger charge is -2.43. The Labute approximate surface area is 183 Å². The van der Waals surface area contributed by atoms with E-state index in [4.69, 9.17) is 11.5 Å². The molecule has 0 spiro atoms. The van der Waals surface area contributed by atoms with Gasteiger partial charge in [0.25, 0.3) is 0 Å². The molecule has 1 fully saturated rings. The molecule has 5 rings (SSSR count). The zero-order valence-electron chi connectivity index (χ0n) is 17.7. The number of anilines is 2. The van der Waals surface area contributed by atoms with E-state index < -0.39 is 5.60 Å². The van der Waals surface area contributed by atoms with Crippen molar-refractivity contribution in [3.8, 4) is 0 Å². The first-order valence-electron chi connectivity index (χ1n) is 10.5. The Morgan fingerprint density at radius 3 is 2.88 bits per heavy atom. The zero-order chi connectivity index (χ0) is 22.5. The van der Waals surface area contributed by atoms with Crippen LogP contribution in [0, 0.1) is 0 Å². The molecule has 0 saturated carbocycles. The van der Waals surface area contributed by atoms with Gasteiger partial charge in [-0.05, 0) is 25.5 Å². The number of imidazole rings is 2. The van der Waals surface area contributed by atoms with Crippen LogP contribution in [0.25, 0.3) is 22.2 Å². The normalized spacial score (nSPS) is 21.4. The second kappa shape index (κ2) is 7.45. The number of piperidine rings is 1. The summed E-state index contributed by atoms with van der Waals surface area (Å²) in [6.07, 6.45) is 2.96. The highest BCUT2D eigenvalue weighted by atomic mass is 16.3. The smallest absolute Gasteiger partial charge is 0.224 e. The van der Waals surface area contributed by atoms with Gasteiger partial charge in [-0.3, -0.25) is 4.79 Å². The number of rotatable bonds is 4. The monoisotopic (exact) mass is 435 g/mol. The minimum absolute atomic E-state index is 0.0181. The SMILES string of the molecule is C[C@@]1(O)CN(C(=O)CCc2nc3ccccc3[nH]2)CC[C@H]1n1cnc2c(N)nc(N)nc21. The van der Waals surface area contributed by atoms with Gasteiger partial charge in [0.15, 0.2) is 11.5 Å². The third-order valence-corrected chi connectivity index (χ3v) is 6.07. The van der Waals surface area contributed by atoms with Crippen LogP contribution in [0.2, 0.25) is 0 Å². The van der Waals surface area contributed by atoms with Gasteiger partial charge in [-0.2, -0.15) is 9.97 Å². The number of hydrogen-bond acceptors (Lipinski definition) is 8. The van der Waals surface area contributed by atoms with Crippen LogP contribution in [0.4, 0.5) is 11.8 Å². The fourth-order valence-corrected chi connectivity index (χ4v) is 4.50. The minimum atomic E-state index is -1.19. The molecule has 4 aromatic rings. The Balaban J connectivity index is 1.29. The van der Waals surface area contributed by atoms with E-state index in [2.05, 4.69) is 24.9 Å². The predicted molar refractivity (Wildman–Crippen MR) is 119 cm³/mol. The highest BCUT2D eigenvalue weighted by molar-refractivity contribution is 5.83. The average molecular weight is 435 g/mol. The van der Waals surface area contributed by atoms with Crippen LogP contribution in [-0.4, -0.2) is 64.1 Å². The second-order valence-corrected chi connectivity index (χ2v) is 8.47. The number of carbonyl (C=O) groups is 1. The number of β-amino-alcohol motifs (C(OH)–C–C–N with tert-alkyl or cyclic N) is 1. The van der Waals surface area contributed by atoms with Gasteiger partial charge in [0.1, 0.15) is 16.9 Å². The van der Waals surface area contributed by atoms with Gasteiger partial charge in [-0.15, -0.1) is 0 Å². The van der Waals surface area contributed by atoms with Crippen LogP contribution in [0.1, 0.15) is 31.6 Å². The number of aliphatic hydroxyl groups is 1. The van der Waals surface area contributed by atoms with Gasteiger partial charge in [-0.1, -0.05) is 12.1 Å². The summed E-state index contributed by atoms with van der Waals surface area (Å²) in [6, 6.07) is 7.44. The molecule has 1 amide bonds. The Morgan fingerprint density at radius 2 is 2.09 bits per heavy atom. The molecule has 0 aliphatic carbocycles. The first-order valence-corrected chi connectivity index (χ1v) is 10.5. The van der Waals surface area contributed by atoms with Crippen molar-refractivity contribution in [2.45, 2.75) is 37.8 Å². The van der Waals surface area contributed by atoms with Crippen LogP contribution in [-0.2, 0) is 11.2 Å². The number of carbonyl (C=O) groups excluding carboxylic acids is 1. The van der Waals surface area contributed by atoms with Crippen molar-refractivity contribution in [1.29, 1.82) is 0 Å². The molecule has 32 heavy (non-hydrogen) atoms. The van der Waals surface area contributed by atoms with Gasteiger partial charge >= 0.3 is 0 Å². The fourth-order valence-electron chi connectivity index (χ4n) is 4.50. The highest BCUT2D eigenvalue weighted by Gasteiger charge is 2.41. The molecule has 166 valence electrons. The number of nitrogens with one attached hydrogen (secondary N) is 1. The van der Waals surface area contributed by atoms with E-state index in [1.165, 1.54) is 0 Å². The summed E-state index contributed by atoms with van der Waals surface area (Å²) in [5, 5.41) is 11.2. The number of aromatic nitrogens is 6. The third kappa shape index (κ3) is 3.50. The van der Waals surface area contributed by atoms with Crippen molar-refractivity contribution in [2.75, 3.05) is 24.6 Å². The maximum Gasteiger partial charge on any atom is 0.224 e. The molecule has 0 radical (unpaired) electrons. The second-order valence-electron chi connectivity index (χ2n) is 8.47. The molecular weight excluding hydrogens is 410 g/mol. The van der Waals surface area contributed by atoms with Gasteiger partial charge in [-0.25, -0.2) is 9.97 Å². The lowest BCUT2D eigenvalue weighted by Crippen LogP contribution is -2.54. The number of nitrogens with two attached hydrogens (primary N) is 2. The maximum atomic E-state index is 12.9. The molecule has 1 aliphatic rings. The molecule has 11 heteroatoms. The lowest BCUT2D eigenvalue weighted by molar-refractivity contribution is -0.140. The molecule has 1 aliphatic heterocycles. The summed E-state index contributed by atoms with van der Waals surface area (Å²) in [5.41, 5.74) is 13.2. The van der Waals surface area contributed by atoms with Crippen molar-refractivity contribution in [3.05, 3.63) is 36.4 Å². The van der Waals surface area contributed by atoms with E-state index >= 15 is 0 Å². The molecular formula is C21H25N9O2. The number of H-pyrrole nitrogens is 1. The summed E-state index contributed by atoms with van der Waals surface area (Å²) in [6.45, 7) is 2.43. The molecule has 0 unspecified atom stereocenters. The standard InChI is InChI=1S/C21H25N9O2/c1-21(32)10-29(16(31)7-6-15-25-12-4-2-3-5-13(12)26-15)9-8-14(21)30-11-24-17-18(22)27-20(23)28-19(17)30/h2-5,11,14,32H,6-10H2,1H3,(H,25,26)(H4,22,23,27,28)/t14-,21-/m1/s1. The van der Waals surface area contributed by atoms with Gasteiger partial charge in [0, 0.05) is 19.4 Å². The van der Waals surface area contributed by atoms with Crippen LogP contribution in [0.5, 0.6) is 0 Å². The number of likely N-dealkylation sites (tertiary alicyclic amines) is 1. The third-order valence-electron chi connectivity index (χ3n) is 6.07. The quantitative estimate of drug-likeness (QED) is 0.369. The van der Waals surface area contributed by atoms with Crippen molar-refractivity contribution in [2.24, 2.45) is 0 Å². The van der Waals surface area contributed by atoms with Crippen LogP contribution in [0.15, 0.2) is 30.6 Å². The Bertz CT molecular complexity index is 1280. The molecule has 1 saturated heterocycles. The molecule has 11 nitrogen and oxygen atoms in total. The fraction of sp³-hybridized carbons (Fsp3) is 0.381. The Kier molecular flexibility index (Phi) is 4.70. The summed E-state index contributed by atoms with van der Waals surface area (Å²) in [5.74, 6) is 1.01. The number of aryl methyl sites for hydroxylation is 1. The predicted octanol–water partition coefficient (Wildman–Crippen LogP) is 1.02. The van der Waals surface area contributed by atoms with E-state index in [1.54, 1.807) is 22.7 Å². The van der Waals surface area contributed by atoms with Gasteiger partial charge < -0.3 is 31.0 Å². The Morgan fingerprint density at radius 1 is 1.28 bits per heavy atom. The molecule has 3 aromatic heterocycles. The number of hydrogen-bond donors (Lipinski definition) is 4. The number of aromatic amines is 1. The van der Waals surface area contributed by atoms with Crippen molar-refractivity contribution >= 4 is 39.9 Å². The number of para-hydroxylation sites is 2. The number of nitrogen functional groups attached to an aromatic ring is 2. The average Bonchev–Trinajstić information content (AvgIpc) is 3.35. The van der Waals surface area contributed by atoms with E-state index in [9.17, 15) is 9.90 Å². The van der Waals surface area contributed by atoms with E-state index in [-0.39, 0.29) is 30.3 Å². The summed E-state index contributed by atoms with van der Waals surface area (Å²) in [7, 11) is 0. The van der Waals surface area contributed by atoms with Crippen molar-refractivity contribution in [1.82, 2.24) is 34.4 Å². The molecule has 1 aromatic carbocycles. The topological polar surface area (TPSA) is 165 Å². The number of amides is 1. The van der Waals surface area contributed by atoms with E-state index in [0.717, 1.165) is 16.9 Å². The van der Waals surface area contributed by atoms with Crippen molar-refractivity contribution in [3.63, 3.8) is 0 Å². The van der Waals surface area contributed by atoms with E-state index in [0.29, 0.717) is 37.0 Å². The zero-order valence-corrected chi connectivity index (χ0v) is 17.7. The molecule has 0 bridgehead atoms. The first-order chi connectivity index (χ1) is 15.3. The molecule has 4 heterocycles. The number of benzene rings is 1. The lowest BCUT2D eigenvalue weighted by atomic mass is 9.88. The van der Waals surface area contributed by atoms with Crippen LogP contribution >= 0.6 is 0 Å².